The average molecular weight is 289 g/mol. The van der Waals surface area contributed by atoms with E-state index in [1.807, 2.05) is 6.92 Å². The number of rotatable bonds is 9. The first-order valence-electron chi connectivity index (χ1n) is 6.94. The van der Waals surface area contributed by atoms with Crippen LogP contribution >= 0.6 is 11.6 Å². The molecule has 0 aliphatic carbocycles. The van der Waals surface area contributed by atoms with Crippen LogP contribution in [0.2, 0.25) is 5.02 Å². The van der Waals surface area contributed by atoms with Crippen molar-refractivity contribution in [2.24, 2.45) is 0 Å². The first-order chi connectivity index (χ1) is 9.20. The molecule has 0 unspecified atom stereocenters. The molecule has 0 aliphatic rings. The number of hydrogen-bond acceptors (Lipinski definition) is 2. The van der Waals surface area contributed by atoms with Gasteiger partial charge in [0.15, 0.2) is 11.6 Å². The van der Waals surface area contributed by atoms with Gasteiger partial charge in [0.25, 0.3) is 0 Å². The molecule has 0 aromatic heterocycles. The maximum absolute atomic E-state index is 13.9. The van der Waals surface area contributed by atoms with E-state index < -0.39 is 5.82 Å². The Balaban J connectivity index is 2.53. The monoisotopic (exact) mass is 288 g/mol. The smallest absolute Gasteiger partial charge is 0.187 e. The molecule has 108 valence electrons. The SMILES string of the molecule is CCCCCCOc1ccc(OCCC)c(Cl)c1F. The standard InChI is InChI=1S/C15H22ClFO2/c1-3-5-6-7-11-19-13-9-8-12(18-10-4-2)14(16)15(13)17/h8-9H,3-7,10-11H2,1-2H3. The van der Waals surface area contributed by atoms with Crippen molar-refractivity contribution in [1.82, 2.24) is 0 Å². The zero-order valence-corrected chi connectivity index (χ0v) is 12.4. The Labute approximate surface area is 119 Å². The van der Waals surface area contributed by atoms with Gasteiger partial charge >= 0.3 is 0 Å². The summed E-state index contributed by atoms with van der Waals surface area (Å²) in [4.78, 5) is 0. The van der Waals surface area contributed by atoms with E-state index in [4.69, 9.17) is 21.1 Å². The molecule has 0 saturated heterocycles. The van der Waals surface area contributed by atoms with Gasteiger partial charge in [-0.1, -0.05) is 44.7 Å². The van der Waals surface area contributed by atoms with Gasteiger partial charge in [0.05, 0.1) is 13.2 Å². The third-order valence-electron chi connectivity index (χ3n) is 2.73. The second-order valence-electron chi connectivity index (χ2n) is 4.45. The maximum Gasteiger partial charge on any atom is 0.187 e. The lowest BCUT2D eigenvalue weighted by atomic mass is 10.2. The minimum absolute atomic E-state index is 0.000455. The molecular formula is C15H22ClFO2. The number of hydrogen-bond donors (Lipinski definition) is 0. The van der Waals surface area contributed by atoms with E-state index in [1.54, 1.807) is 12.1 Å². The molecule has 0 spiro atoms. The molecule has 2 nitrogen and oxygen atoms in total. The second kappa shape index (κ2) is 9.03. The molecule has 1 aromatic carbocycles. The first-order valence-corrected chi connectivity index (χ1v) is 7.32. The van der Waals surface area contributed by atoms with Crippen molar-refractivity contribution in [2.45, 2.75) is 46.0 Å². The predicted octanol–water partition coefficient (Wildman–Crippen LogP) is 5.23. The van der Waals surface area contributed by atoms with Gasteiger partial charge in [0.1, 0.15) is 10.8 Å². The molecule has 0 atom stereocenters. The minimum atomic E-state index is -0.536. The maximum atomic E-state index is 13.9. The van der Waals surface area contributed by atoms with Gasteiger partial charge in [-0.25, -0.2) is 4.39 Å². The van der Waals surface area contributed by atoms with Gasteiger partial charge in [0, 0.05) is 0 Å². The Morgan fingerprint density at radius 2 is 1.63 bits per heavy atom. The second-order valence-corrected chi connectivity index (χ2v) is 4.83. The highest BCUT2D eigenvalue weighted by molar-refractivity contribution is 6.32. The highest BCUT2D eigenvalue weighted by Crippen LogP contribution is 2.33. The molecular weight excluding hydrogens is 267 g/mol. The summed E-state index contributed by atoms with van der Waals surface area (Å²) < 4.78 is 24.7. The zero-order chi connectivity index (χ0) is 14.1. The van der Waals surface area contributed by atoms with Gasteiger partial charge < -0.3 is 9.47 Å². The lowest BCUT2D eigenvalue weighted by Gasteiger charge is -2.11. The van der Waals surface area contributed by atoms with Crippen LogP contribution in [0.25, 0.3) is 0 Å². The number of ether oxygens (including phenoxy) is 2. The van der Waals surface area contributed by atoms with Crippen LogP contribution < -0.4 is 9.47 Å². The van der Waals surface area contributed by atoms with Gasteiger partial charge in [-0.3, -0.25) is 0 Å². The van der Waals surface area contributed by atoms with Crippen LogP contribution in [-0.2, 0) is 0 Å². The fraction of sp³-hybridized carbons (Fsp3) is 0.600. The van der Waals surface area contributed by atoms with Gasteiger partial charge in [-0.05, 0) is 25.0 Å². The highest BCUT2D eigenvalue weighted by atomic mass is 35.5. The van der Waals surface area contributed by atoms with Crippen LogP contribution in [0.5, 0.6) is 11.5 Å². The van der Waals surface area contributed by atoms with Crippen LogP contribution in [0.4, 0.5) is 4.39 Å². The minimum Gasteiger partial charge on any atom is -0.492 e. The summed E-state index contributed by atoms with van der Waals surface area (Å²) in [6.07, 6.45) is 5.23. The molecule has 0 fully saturated rings. The van der Waals surface area contributed by atoms with E-state index >= 15 is 0 Å². The van der Waals surface area contributed by atoms with Crippen molar-refractivity contribution in [1.29, 1.82) is 0 Å². The van der Waals surface area contributed by atoms with Crippen LogP contribution in [0.3, 0.4) is 0 Å². The molecule has 4 heteroatoms. The Morgan fingerprint density at radius 1 is 0.947 bits per heavy atom. The van der Waals surface area contributed by atoms with Crippen molar-refractivity contribution >= 4 is 11.6 Å². The van der Waals surface area contributed by atoms with E-state index in [1.165, 1.54) is 12.8 Å². The molecule has 0 amide bonds. The van der Waals surface area contributed by atoms with Gasteiger partial charge in [0.2, 0.25) is 0 Å². The lowest BCUT2D eigenvalue weighted by Crippen LogP contribution is -2.01. The Bertz CT molecular complexity index is 383. The predicted molar refractivity (Wildman–Crippen MR) is 76.8 cm³/mol. The Kier molecular flexibility index (Phi) is 7.65. The van der Waals surface area contributed by atoms with Crippen LogP contribution in [-0.4, -0.2) is 13.2 Å². The normalized spacial score (nSPS) is 10.5. The summed E-state index contributed by atoms with van der Waals surface area (Å²) >= 11 is 5.92. The van der Waals surface area contributed by atoms with Crippen molar-refractivity contribution < 1.29 is 13.9 Å². The van der Waals surface area contributed by atoms with Crippen LogP contribution in [0.1, 0.15) is 46.0 Å². The van der Waals surface area contributed by atoms with E-state index in [-0.39, 0.29) is 10.8 Å². The quantitative estimate of drug-likeness (QED) is 0.580. The average Bonchev–Trinajstić information content (AvgIpc) is 2.42. The topological polar surface area (TPSA) is 18.5 Å². The summed E-state index contributed by atoms with van der Waals surface area (Å²) in [6, 6.07) is 3.23. The third-order valence-corrected chi connectivity index (χ3v) is 3.08. The zero-order valence-electron chi connectivity index (χ0n) is 11.7. The van der Waals surface area contributed by atoms with Crippen LogP contribution in [0.15, 0.2) is 12.1 Å². The summed E-state index contributed by atoms with van der Waals surface area (Å²) in [5.74, 6) is 0.0375. The molecule has 0 heterocycles. The lowest BCUT2D eigenvalue weighted by molar-refractivity contribution is 0.286. The molecule has 0 saturated carbocycles. The molecule has 0 bridgehead atoms. The first kappa shape index (κ1) is 16.1. The van der Waals surface area contributed by atoms with Crippen molar-refractivity contribution in [3.8, 4) is 11.5 Å². The van der Waals surface area contributed by atoms with Gasteiger partial charge in [-0.2, -0.15) is 0 Å². The van der Waals surface area contributed by atoms with E-state index in [0.717, 1.165) is 19.3 Å². The Morgan fingerprint density at radius 3 is 2.32 bits per heavy atom. The molecule has 1 aromatic rings. The van der Waals surface area contributed by atoms with Gasteiger partial charge in [-0.15, -0.1) is 0 Å². The Hall–Kier alpha value is -0.960. The van der Waals surface area contributed by atoms with Crippen molar-refractivity contribution in [2.75, 3.05) is 13.2 Å². The molecule has 1 rings (SSSR count). The molecule has 0 N–H and O–H groups in total. The number of unbranched alkanes of at least 4 members (excludes halogenated alkanes) is 3. The van der Waals surface area contributed by atoms with Crippen molar-refractivity contribution in [3.63, 3.8) is 0 Å². The number of benzene rings is 1. The van der Waals surface area contributed by atoms with Crippen LogP contribution in [0, 0.1) is 5.82 Å². The summed E-state index contributed by atoms with van der Waals surface area (Å²) in [5, 5.41) is -0.000455. The summed E-state index contributed by atoms with van der Waals surface area (Å²) in [6.45, 7) is 5.17. The van der Waals surface area contributed by atoms with E-state index in [2.05, 4.69) is 6.92 Å². The van der Waals surface area contributed by atoms with E-state index in [9.17, 15) is 4.39 Å². The molecule has 0 aliphatic heterocycles. The van der Waals surface area contributed by atoms with E-state index in [0.29, 0.717) is 19.0 Å². The molecule has 0 radical (unpaired) electrons. The molecule has 19 heavy (non-hydrogen) atoms. The largest absolute Gasteiger partial charge is 0.492 e. The van der Waals surface area contributed by atoms with Crippen molar-refractivity contribution in [3.05, 3.63) is 23.0 Å². The fourth-order valence-corrected chi connectivity index (χ4v) is 1.87. The summed E-state index contributed by atoms with van der Waals surface area (Å²) in [5.41, 5.74) is 0. The summed E-state index contributed by atoms with van der Waals surface area (Å²) in [7, 11) is 0. The number of halogens is 2. The highest BCUT2D eigenvalue weighted by Gasteiger charge is 2.13. The third kappa shape index (κ3) is 5.27. The fourth-order valence-electron chi connectivity index (χ4n) is 1.66.